The molecule has 0 aliphatic heterocycles. The maximum Gasteiger partial charge on any atom is 0.358 e. The zero-order valence-corrected chi connectivity index (χ0v) is 10.5. The predicted octanol–water partition coefficient (Wildman–Crippen LogP) is -0.0979. The van der Waals surface area contributed by atoms with Gasteiger partial charge in [0.05, 0.1) is 0 Å². The number of urea groups is 1. The number of nitrogens with one attached hydrogen (secondary N) is 2. The van der Waals surface area contributed by atoms with Crippen molar-refractivity contribution in [2.24, 2.45) is 0 Å². The smallest absolute Gasteiger partial charge is 0.358 e. The van der Waals surface area contributed by atoms with Crippen LogP contribution in [-0.4, -0.2) is 44.0 Å². The van der Waals surface area contributed by atoms with Crippen molar-refractivity contribution in [1.29, 1.82) is 0 Å². The summed E-state index contributed by atoms with van der Waals surface area (Å²) >= 11 is 0. The van der Waals surface area contributed by atoms with Gasteiger partial charge in [0.1, 0.15) is 12.2 Å². The minimum absolute atomic E-state index is 0.0272. The van der Waals surface area contributed by atoms with E-state index in [4.69, 9.17) is 5.11 Å². The Balaban J connectivity index is 2.02. The van der Waals surface area contributed by atoms with Crippen molar-refractivity contribution >= 4 is 17.9 Å². The fraction of sp³-hybridized carbons (Fsp3) is 0.500. The highest BCUT2D eigenvalue weighted by Gasteiger charge is 2.28. The standard InChI is InChI=1S/C10H11F2N5O4/c11-8(12)7-6(9(19)20)15-16-17(7)3-5(18)14-10(21)13-4-1-2-4/h4,8H,1-3H2,(H,19,20)(H2,13,14,18,21). The second-order valence-electron chi connectivity index (χ2n) is 4.38. The topological polar surface area (TPSA) is 126 Å². The van der Waals surface area contributed by atoms with Gasteiger partial charge in [-0.15, -0.1) is 5.10 Å². The summed E-state index contributed by atoms with van der Waals surface area (Å²) in [5, 5.41) is 19.4. The van der Waals surface area contributed by atoms with E-state index in [-0.39, 0.29) is 6.04 Å². The largest absolute Gasteiger partial charge is 0.476 e. The average Bonchev–Trinajstić information content (AvgIpc) is 3.05. The number of carbonyl (C=O) groups is 3. The lowest BCUT2D eigenvalue weighted by atomic mass is 10.3. The molecule has 1 aromatic rings. The molecule has 11 heteroatoms. The van der Waals surface area contributed by atoms with Crippen LogP contribution in [0.2, 0.25) is 0 Å². The van der Waals surface area contributed by atoms with Crippen LogP contribution in [0.1, 0.15) is 35.4 Å². The lowest BCUT2D eigenvalue weighted by molar-refractivity contribution is -0.120. The molecular formula is C10H11F2N5O4. The highest BCUT2D eigenvalue weighted by Crippen LogP contribution is 2.21. The van der Waals surface area contributed by atoms with Gasteiger partial charge in [0.25, 0.3) is 6.43 Å². The molecule has 9 nitrogen and oxygen atoms in total. The number of carboxylic acids is 1. The molecule has 0 radical (unpaired) electrons. The van der Waals surface area contributed by atoms with E-state index in [1.54, 1.807) is 0 Å². The van der Waals surface area contributed by atoms with Gasteiger partial charge < -0.3 is 10.4 Å². The monoisotopic (exact) mass is 303 g/mol. The molecule has 1 aliphatic rings. The van der Waals surface area contributed by atoms with Gasteiger partial charge in [-0.25, -0.2) is 23.1 Å². The fourth-order valence-corrected chi connectivity index (χ4v) is 1.56. The summed E-state index contributed by atoms with van der Waals surface area (Å²) in [5.41, 5.74) is -1.92. The highest BCUT2D eigenvalue weighted by atomic mass is 19.3. The molecule has 1 aliphatic carbocycles. The minimum atomic E-state index is -3.17. The number of imide groups is 1. The third kappa shape index (κ3) is 3.70. The molecule has 0 saturated heterocycles. The lowest BCUT2D eigenvalue weighted by Crippen LogP contribution is -2.42. The summed E-state index contributed by atoms with van der Waals surface area (Å²) in [6.07, 6.45) is -1.52. The maximum atomic E-state index is 12.8. The molecular weight excluding hydrogens is 292 g/mol. The molecule has 0 aromatic carbocycles. The van der Waals surface area contributed by atoms with E-state index in [0.717, 1.165) is 12.8 Å². The number of nitrogens with zero attached hydrogens (tertiary/aromatic N) is 3. The Morgan fingerprint density at radius 3 is 2.57 bits per heavy atom. The number of halogens is 2. The van der Waals surface area contributed by atoms with Gasteiger partial charge in [-0.1, -0.05) is 5.21 Å². The molecule has 2 rings (SSSR count). The average molecular weight is 303 g/mol. The van der Waals surface area contributed by atoms with Gasteiger partial charge in [0.15, 0.2) is 5.69 Å². The van der Waals surface area contributed by atoms with E-state index >= 15 is 0 Å². The van der Waals surface area contributed by atoms with Crippen molar-refractivity contribution < 1.29 is 28.3 Å². The third-order valence-corrected chi connectivity index (χ3v) is 2.64. The summed E-state index contributed by atoms with van der Waals surface area (Å²) in [6.45, 7) is -0.738. The number of alkyl halides is 2. The first-order chi connectivity index (χ1) is 9.88. The second kappa shape index (κ2) is 5.81. The number of aromatic nitrogens is 3. The van der Waals surface area contributed by atoms with Crippen molar-refractivity contribution in [3.05, 3.63) is 11.4 Å². The molecule has 1 saturated carbocycles. The Labute approximate surface area is 116 Å². The first-order valence-corrected chi connectivity index (χ1v) is 5.93. The van der Waals surface area contributed by atoms with Gasteiger partial charge >= 0.3 is 12.0 Å². The van der Waals surface area contributed by atoms with Crippen LogP contribution in [0.15, 0.2) is 0 Å². The number of amides is 3. The van der Waals surface area contributed by atoms with Crippen LogP contribution in [0, 0.1) is 0 Å². The molecule has 3 N–H and O–H groups in total. The quantitative estimate of drug-likeness (QED) is 0.697. The molecule has 0 bridgehead atoms. The molecule has 1 fully saturated rings. The van der Waals surface area contributed by atoms with Crippen LogP contribution < -0.4 is 10.6 Å². The van der Waals surface area contributed by atoms with Crippen LogP contribution in [-0.2, 0) is 11.3 Å². The Hall–Kier alpha value is -2.59. The maximum absolute atomic E-state index is 12.8. The van der Waals surface area contributed by atoms with Crippen molar-refractivity contribution in [2.75, 3.05) is 0 Å². The number of aromatic carboxylic acids is 1. The zero-order valence-electron chi connectivity index (χ0n) is 10.5. The zero-order chi connectivity index (χ0) is 15.6. The van der Waals surface area contributed by atoms with Gasteiger partial charge in [0, 0.05) is 6.04 Å². The Bertz CT molecular complexity index is 584. The Morgan fingerprint density at radius 2 is 2.05 bits per heavy atom. The van der Waals surface area contributed by atoms with E-state index in [1.807, 2.05) is 5.32 Å². The molecule has 0 spiro atoms. The number of carbonyl (C=O) groups excluding carboxylic acids is 2. The molecule has 21 heavy (non-hydrogen) atoms. The SMILES string of the molecule is O=C(Cn1nnc(C(=O)O)c1C(F)F)NC(=O)NC1CC1. The summed E-state index contributed by atoms with van der Waals surface area (Å²) < 4.78 is 26.1. The van der Waals surface area contributed by atoms with Crippen LogP contribution in [0.3, 0.4) is 0 Å². The molecule has 3 amide bonds. The minimum Gasteiger partial charge on any atom is -0.476 e. The molecule has 114 valence electrons. The van der Waals surface area contributed by atoms with E-state index in [2.05, 4.69) is 15.6 Å². The van der Waals surface area contributed by atoms with Crippen LogP contribution in [0.25, 0.3) is 0 Å². The van der Waals surface area contributed by atoms with E-state index < -0.39 is 42.3 Å². The first kappa shape index (κ1) is 14.8. The van der Waals surface area contributed by atoms with E-state index in [9.17, 15) is 23.2 Å². The number of rotatable bonds is 5. The number of carboxylic acid groups (broad SMARTS) is 1. The number of hydrogen-bond donors (Lipinski definition) is 3. The Morgan fingerprint density at radius 1 is 1.38 bits per heavy atom. The highest BCUT2D eigenvalue weighted by molar-refractivity contribution is 5.94. The third-order valence-electron chi connectivity index (χ3n) is 2.64. The molecule has 1 aromatic heterocycles. The van der Waals surface area contributed by atoms with Crippen LogP contribution in [0.4, 0.5) is 13.6 Å². The van der Waals surface area contributed by atoms with E-state index in [1.165, 1.54) is 0 Å². The van der Waals surface area contributed by atoms with Gasteiger partial charge in [-0.3, -0.25) is 10.1 Å². The van der Waals surface area contributed by atoms with Crippen molar-refractivity contribution in [3.63, 3.8) is 0 Å². The van der Waals surface area contributed by atoms with Crippen molar-refractivity contribution in [2.45, 2.75) is 31.9 Å². The van der Waals surface area contributed by atoms with Crippen molar-refractivity contribution in [1.82, 2.24) is 25.6 Å². The molecule has 0 atom stereocenters. The lowest BCUT2D eigenvalue weighted by Gasteiger charge is -2.07. The second-order valence-corrected chi connectivity index (χ2v) is 4.38. The van der Waals surface area contributed by atoms with Crippen LogP contribution in [0.5, 0.6) is 0 Å². The number of hydrogen-bond acceptors (Lipinski definition) is 5. The van der Waals surface area contributed by atoms with Crippen LogP contribution >= 0.6 is 0 Å². The molecule has 0 unspecified atom stereocenters. The summed E-state index contributed by atoms with van der Waals surface area (Å²) in [5.74, 6) is -2.58. The summed E-state index contributed by atoms with van der Waals surface area (Å²) in [7, 11) is 0. The summed E-state index contributed by atoms with van der Waals surface area (Å²) in [4.78, 5) is 33.5. The first-order valence-electron chi connectivity index (χ1n) is 5.93. The van der Waals surface area contributed by atoms with E-state index in [0.29, 0.717) is 4.68 Å². The van der Waals surface area contributed by atoms with Gasteiger partial charge in [-0.05, 0) is 12.8 Å². The van der Waals surface area contributed by atoms with Crippen molar-refractivity contribution in [3.8, 4) is 0 Å². The Kier molecular flexibility index (Phi) is 4.10. The fourth-order valence-electron chi connectivity index (χ4n) is 1.56. The van der Waals surface area contributed by atoms with Gasteiger partial charge in [-0.2, -0.15) is 0 Å². The predicted molar refractivity (Wildman–Crippen MR) is 61.6 cm³/mol. The van der Waals surface area contributed by atoms with Gasteiger partial charge in [0.2, 0.25) is 5.91 Å². The molecule has 1 heterocycles. The normalized spacial score (nSPS) is 14.0. The summed E-state index contributed by atoms with van der Waals surface area (Å²) in [6, 6.07) is -0.709.